The van der Waals surface area contributed by atoms with Gasteiger partial charge in [-0.1, -0.05) is 26.0 Å². The third kappa shape index (κ3) is 3.28. The van der Waals surface area contributed by atoms with Gasteiger partial charge in [0.05, 0.1) is 11.9 Å². The molecular formula is C18H20N4OS. The molecule has 2 heterocycles. The van der Waals surface area contributed by atoms with Crippen molar-refractivity contribution in [3.63, 3.8) is 0 Å². The first-order chi connectivity index (χ1) is 11.6. The summed E-state index contributed by atoms with van der Waals surface area (Å²) in [6, 6.07) is 7.60. The molecule has 0 aliphatic heterocycles. The van der Waals surface area contributed by atoms with Crippen molar-refractivity contribution in [1.82, 2.24) is 19.7 Å². The van der Waals surface area contributed by atoms with Crippen molar-refractivity contribution in [3.05, 3.63) is 48.4 Å². The number of aromatic nitrogens is 3. The molecule has 3 aromatic rings. The van der Waals surface area contributed by atoms with E-state index in [9.17, 15) is 4.79 Å². The lowest BCUT2D eigenvalue weighted by Gasteiger charge is -2.08. The van der Waals surface area contributed by atoms with Crippen LogP contribution in [0.1, 0.15) is 24.2 Å². The van der Waals surface area contributed by atoms with E-state index in [-0.39, 0.29) is 5.91 Å². The number of nitrogens with one attached hydrogen (secondary N) is 1. The summed E-state index contributed by atoms with van der Waals surface area (Å²) in [6.45, 7) is 4.83. The largest absolute Gasteiger partial charge is 0.352 e. The Kier molecular flexibility index (Phi) is 4.85. The maximum atomic E-state index is 12.1. The molecule has 5 nitrogen and oxygen atoms in total. The minimum atomic E-state index is -0.0396. The lowest BCUT2D eigenvalue weighted by Crippen LogP contribution is -2.27. The first-order valence-electron chi connectivity index (χ1n) is 7.85. The average molecular weight is 340 g/mol. The van der Waals surface area contributed by atoms with E-state index in [0.717, 1.165) is 21.9 Å². The predicted octanol–water partition coefficient (Wildman–Crippen LogP) is 3.50. The molecule has 2 aromatic heterocycles. The monoisotopic (exact) mass is 340 g/mol. The molecule has 0 aliphatic carbocycles. The Morgan fingerprint density at radius 2 is 2.00 bits per heavy atom. The number of benzene rings is 1. The number of rotatable bonds is 5. The van der Waals surface area contributed by atoms with E-state index in [1.165, 1.54) is 0 Å². The summed E-state index contributed by atoms with van der Waals surface area (Å²) in [5, 5.41) is 3.83. The summed E-state index contributed by atoms with van der Waals surface area (Å²) < 4.78 is 2.02. The highest BCUT2D eigenvalue weighted by Crippen LogP contribution is 2.25. The second kappa shape index (κ2) is 7.05. The number of amides is 1. The lowest BCUT2D eigenvalue weighted by molar-refractivity contribution is 0.0949. The van der Waals surface area contributed by atoms with Gasteiger partial charge in [-0.05, 0) is 24.3 Å². The predicted molar refractivity (Wildman–Crippen MR) is 97.4 cm³/mol. The van der Waals surface area contributed by atoms with Crippen LogP contribution in [0.4, 0.5) is 0 Å². The molecule has 24 heavy (non-hydrogen) atoms. The van der Waals surface area contributed by atoms with Crippen LogP contribution >= 0.6 is 11.8 Å². The lowest BCUT2D eigenvalue weighted by atomic mass is 10.1. The van der Waals surface area contributed by atoms with Gasteiger partial charge in [-0.15, -0.1) is 11.8 Å². The quantitative estimate of drug-likeness (QED) is 0.722. The molecule has 1 N–H and O–H groups in total. The molecule has 0 bridgehead atoms. The fourth-order valence-electron chi connectivity index (χ4n) is 2.44. The van der Waals surface area contributed by atoms with Crippen molar-refractivity contribution in [3.8, 4) is 11.3 Å². The Hall–Kier alpha value is -2.34. The maximum Gasteiger partial charge on any atom is 0.251 e. The van der Waals surface area contributed by atoms with Gasteiger partial charge >= 0.3 is 0 Å². The number of carbonyl (C=O) groups is 1. The summed E-state index contributed by atoms with van der Waals surface area (Å²) >= 11 is 1.57. The highest BCUT2D eigenvalue weighted by atomic mass is 32.2. The number of hydrogen-bond acceptors (Lipinski definition) is 4. The number of fused-ring (bicyclic) bond motifs is 1. The van der Waals surface area contributed by atoms with Gasteiger partial charge in [0.15, 0.2) is 5.65 Å². The third-order valence-electron chi connectivity index (χ3n) is 3.70. The molecule has 0 unspecified atom stereocenters. The topological polar surface area (TPSA) is 59.3 Å². The van der Waals surface area contributed by atoms with Crippen LogP contribution in [-0.2, 0) is 0 Å². The third-order valence-corrected chi connectivity index (χ3v) is 4.38. The molecule has 1 amide bonds. The van der Waals surface area contributed by atoms with Gasteiger partial charge < -0.3 is 5.32 Å². The number of imidazole rings is 1. The smallest absolute Gasteiger partial charge is 0.251 e. The van der Waals surface area contributed by atoms with E-state index >= 15 is 0 Å². The zero-order valence-electron chi connectivity index (χ0n) is 14.0. The molecule has 0 aliphatic rings. The van der Waals surface area contributed by atoms with Gasteiger partial charge in [-0.25, -0.2) is 9.97 Å². The van der Waals surface area contributed by atoms with Gasteiger partial charge in [0.25, 0.3) is 5.91 Å². The number of hydrogen-bond donors (Lipinski definition) is 1. The summed E-state index contributed by atoms with van der Waals surface area (Å²) in [7, 11) is 0. The van der Waals surface area contributed by atoms with E-state index < -0.39 is 0 Å². The van der Waals surface area contributed by atoms with Crippen molar-refractivity contribution in [2.75, 3.05) is 12.8 Å². The fraction of sp³-hybridized carbons (Fsp3) is 0.278. The van der Waals surface area contributed by atoms with Gasteiger partial charge in [-0.2, -0.15) is 0 Å². The van der Waals surface area contributed by atoms with Crippen LogP contribution in [0.5, 0.6) is 0 Å². The summed E-state index contributed by atoms with van der Waals surface area (Å²) in [4.78, 5) is 20.9. The maximum absolute atomic E-state index is 12.1. The molecule has 0 fully saturated rings. The molecule has 0 saturated heterocycles. The average Bonchev–Trinajstić information content (AvgIpc) is 3.03. The molecule has 0 atom stereocenters. The number of nitrogens with zero attached hydrogens (tertiary/aromatic N) is 3. The summed E-state index contributed by atoms with van der Waals surface area (Å²) in [5.74, 6) is 0.396. The molecule has 0 radical (unpaired) electrons. The Bertz CT molecular complexity index is 855. The van der Waals surface area contributed by atoms with Crippen LogP contribution in [0.2, 0.25) is 0 Å². The first kappa shape index (κ1) is 16.5. The minimum Gasteiger partial charge on any atom is -0.352 e. The molecule has 0 spiro atoms. The van der Waals surface area contributed by atoms with E-state index in [1.54, 1.807) is 18.0 Å². The molecular weight excluding hydrogens is 320 g/mol. The fourth-order valence-corrected chi connectivity index (χ4v) is 2.94. The Morgan fingerprint density at radius 1 is 1.25 bits per heavy atom. The first-order valence-corrected chi connectivity index (χ1v) is 9.07. The molecule has 124 valence electrons. The summed E-state index contributed by atoms with van der Waals surface area (Å²) in [6.07, 6.45) is 7.50. The van der Waals surface area contributed by atoms with Crippen LogP contribution in [0.25, 0.3) is 16.9 Å². The number of thioether (sulfide) groups is 1. The molecule has 1 aromatic carbocycles. The second-order valence-electron chi connectivity index (χ2n) is 5.95. The van der Waals surface area contributed by atoms with Crippen molar-refractivity contribution in [2.45, 2.75) is 18.9 Å². The van der Waals surface area contributed by atoms with Crippen molar-refractivity contribution in [2.24, 2.45) is 5.92 Å². The highest BCUT2D eigenvalue weighted by Gasteiger charge is 2.11. The van der Waals surface area contributed by atoms with Crippen molar-refractivity contribution >= 4 is 23.3 Å². The van der Waals surface area contributed by atoms with E-state index in [1.807, 2.05) is 47.3 Å². The molecule has 3 rings (SSSR count). The van der Waals surface area contributed by atoms with Crippen LogP contribution < -0.4 is 5.32 Å². The van der Waals surface area contributed by atoms with Crippen molar-refractivity contribution < 1.29 is 4.79 Å². The SMILES string of the molecule is CSc1nccn2c(-c3ccc(C(=O)NCC(C)C)cc3)cnc12. The molecule has 6 heteroatoms. The number of carbonyl (C=O) groups excluding carboxylic acids is 1. The van der Waals surface area contributed by atoms with Crippen LogP contribution in [-0.4, -0.2) is 33.1 Å². The van der Waals surface area contributed by atoms with Crippen LogP contribution in [0, 0.1) is 5.92 Å². The Morgan fingerprint density at radius 3 is 2.67 bits per heavy atom. The highest BCUT2D eigenvalue weighted by molar-refractivity contribution is 7.98. The second-order valence-corrected chi connectivity index (χ2v) is 6.75. The normalized spacial score (nSPS) is 11.2. The zero-order chi connectivity index (χ0) is 17.1. The van der Waals surface area contributed by atoms with Crippen molar-refractivity contribution in [1.29, 1.82) is 0 Å². The summed E-state index contributed by atoms with van der Waals surface area (Å²) in [5.41, 5.74) is 3.51. The van der Waals surface area contributed by atoms with Gasteiger partial charge in [0, 0.05) is 30.1 Å². The Balaban J connectivity index is 1.87. The van der Waals surface area contributed by atoms with Gasteiger partial charge in [-0.3, -0.25) is 9.20 Å². The van der Waals surface area contributed by atoms with E-state index in [0.29, 0.717) is 18.0 Å². The van der Waals surface area contributed by atoms with E-state index in [2.05, 4.69) is 29.1 Å². The van der Waals surface area contributed by atoms with Gasteiger partial charge in [0.1, 0.15) is 5.03 Å². The minimum absolute atomic E-state index is 0.0396. The zero-order valence-corrected chi connectivity index (χ0v) is 14.8. The molecule has 0 saturated carbocycles. The Labute approximate surface area is 145 Å². The van der Waals surface area contributed by atoms with Crippen LogP contribution in [0.15, 0.2) is 47.9 Å². The van der Waals surface area contributed by atoms with Crippen LogP contribution in [0.3, 0.4) is 0 Å². The van der Waals surface area contributed by atoms with E-state index in [4.69, 9.17) is 0 Å². The van der Waals surface area contributed by atoms with Gasteiger partial charge in [0.2, 0.25) is 0 Å². The standard InChI is InChI=1S/C18H20N4OS/c1-12(2)10-21-17(23)14-6-4-13(5-7-14)15-11-20-16-18(24-3)19-8-9-22(15)16/h4-9,11-12H,10H2,1-3H3,(H,21,23).